The molecule has 0 bridgehead atoms. The molecule has 1 atom stereocenters. The van der Waals surface area contributed by atoms with Gasteiger partial charge in [-0.15, -0.1) is 0 Å². The zero-order chi connectivity index (χ0) is 13.8. The molecule has 1 aromatic rings. The van der Waals surface area contributed by atoms with Crippen molar-refractivity contribution in [3.8, 4) is 0 Å². The van der Waals surface area contributed by atoms with E-state index in [0.717, 1.165) is 6.54 Å². The largest absolute Gasteiger partial charge is 0.368 e. The Balaban J connectivity index is 1.97. The lowest BCUT2D eigenvalue weighted by Crippen LogP contribution is -2.33. The minimum Gasteiger partial charge on any atom is -0.368 e. The molecule has 0 radical (unpaired) electrons. The van der Waals surface area contributed by atoms with Crippen LogP contribution in [0.2, 0.25) is 0 Å². The smallest absolute Gasteiger partial charge is 0.231 e. The van der Waals surface area contributed by atoms with E-state index in [0.29, 0.717) is 11.9 Å². The van der Waals surface area contributed by atoms with Gasteiger partial charge in [-0.25, -0.2) is 0 Å². The Kier molecular flexibility index (Phi) is 4.36. The Morgan fingerprint density at radius 1 is 1.26 bits per heavy atom. The van der Waals surface area contributed by atoms with Gasteiger partial charge in [-0.2, -0.15) is 15.0 Å². The van der Waals surface area contributed by atoms with E-state index < -0.39 is 0 Å². The maximum absolute atomic E-state index is 5.70. The molecule has 19 heavy (non-hydrogen) atoms. The lowest BCUT2D eigenvalue weighted by Gasteiger charge is -2.21. The maximum Gasteiger partial charge on any atom is 0.231 e. The first kappa shape index (κ1) is 13.8. The minimum atomic E-state index is 0.245. The molecule has 2 rings (SSSR count). The summed E-state index contributed by atoms with van der Waals surface area (Å²) in [5.41, 5.74) is 5.70. The summed E-state index contributed by atoms with van der Waals surface area (Å²) in [6.45, 7) is 5.51. The second-order valence-corrected chi connectivity index (χ2v) is 5.26. The van der Waals surface area contributed by atoms with E-state index in [4.69, 9.17) is 5.73 Å². The highest BCUT2D eigenvalue weighted by Gasteiger charge is 2.15. The molecule has 0 aliphatic carbocycles. The van der Waals surface area contributed by atoms with Gasteiger partial charge in [-0.1, -0.05) is 0 Å². The average Bonchev–Trinajstić information content (AvgIpc) is 2.80. The lowest BCUT2D eigenvalue weighted by atomic mass is 10.3. The first-order valence-corrected chi connectivity index (χ1v) is 6.72. The van der Waals surface area contributed by atoms with Crippen LogP contribution in [0.25, 0.3) is 0 Å². The summed E-state index contributed by atoms with van der Waals surface area (Å²) < 4.78 is 0. The summed E-state index contributed by atoms with van der Waals surface area (Å²) in [5, 5.41) is 3.29. The van der Waals surface area contributed by atoms with Gasteiger partial charge in [0.25, 0.3) is 0 Å². The van der Waals surface area contributed by atoms with Crippen molar-refractivity contribution >= 4 is 17.8 Å². The number of hydrogen-bond donors (Lipinski definition) is 2. The third-order valence-corrected chi connectivity index (χ3v) is 3.15. The van der Waals surface area contributed by atoms with Crippen LogP contribution in [0.4, 0.5) is 17.8 Å². The predicted octanol–water partition coefficient (Wildman–Crippen LogP) is 0.416. The predicted molar refractivity (Wildman–Crippen MR) is 77.3 cm³/mol. The molecule has 3 N–H and O–H groups in total. The molecule has 1 aromatic heterocycles. The Morgan fingerprint density at radius 3 is 2.58 bits per heavy atom. The van der Waals surface area contributed by atoms with Gasteiger partial charge in [0.2, 0.25) is 17.8 Å². The molecule has 0 saturated carbocycles. The third-order valence-electron chi connectivity index (χ3n) is 3.15. The molecule has 1 saturated heterocycles. The van der Waals surface area contributed by atoms with Gasteiger partial charge in [0, 0.05) is 26.7 Å². The van der Waals surface area contributed by atoms with Gasteiger partial charge < -0.3 is 20.9 Å². The molecule has 1 aliphatic rings. The Labute approximate surface area is 114 Å². The molecule has 1 aliphatic heterocycles. The van der Waals surface area contributed by atoms with Crippen LogP contribution < -0.4 is 16.0 Å². The van der Waals surface area contributed by atoms with Gasteiger partial charge in [0.1, 0.15) is 0 Å². The molecular weight excluding hydrogens is 242 g/mol. The van der Waals surface area contributed by atoms with Gasteiger partial charge >= 0.3 is 0 Å². The number of nitrogens with one attached hydrogen (secondary N) is 1. The van der Waals surface area contributed by atoms with E-state index >= 15 is 0 Å². The van der Waals surface area contributed by atoms with E-state index in [-0.39, 0.29) is 12.0 Å². The molecule has 106 valence electrons. The van der Waals surface area contributed by atoms with Crippen LogP contribution >= 0.6 is 0 Å². The van der Waals surface area contributed by atoms with Crippen LogP contribution in [0.15, 0.2) is 0 Å². The quantitative estimate of drug-likeness (QED) is 0.798. The highest BCUT2D eigenvalue weighted by atomic mass is 15.3. The summed E-state index contributed by atoms with van der Waals surface area (Å²) in [6.07, 6.45) is 2.60. The van der Waals surface area contributed by atoms with Crippen LogP contribution in [0.5, 0.6) is 0 Å². The summed E-state index contributed by atoms with van der Waals surface area (Å²) in [4.78, 5) is 16.8. The Hall–Kier alpha value is -1.63. The highest BCUT2D eigenvalue weighted by molar-refractivity contribution is 5.41. The summed E-state index contributed by atoms with van der Waals surface area (Å²) in [5.74, 6) is 1.36. The molecule has 1 unspecified atom stereocenters. The van der Waals surface area contributed by atoms with Crippen molar-refractivity contribution in [3.63, 3.8) is 0 Å². The van der Waals surface area contributed by atoms with Crippen molar-refractivity contribution in [3.05, 3.63) is 0 Å². The molecule has 0 aromatic carbocycles. The fourth-order valence-electron chi connectivity index (χ4n) is 2.26. The zero-order valence-corrected chi connectivity index (χ0v) is 11.9. The standard InChI is InChI=1S/C12H23N7/c1-9(8-19-6-4-5-7-19)14-11-15-10(13)16-12(17-11)18(2)3/h9H,4-8H2,1-3H3,(H3,13,14,15,16,17). The third kappa shape index (κ3) is 3.92. The lowest BCUT2D eigenvalue weighted by molar-refractivity contribution is 0.327. The average molecular weight is 265 g/mol. The minimum absolute atomic E-state index is 0.245. The number of nitrogens with two attached hydrogens (primary N) is 1. The SMILES string of the molecule is CC(CN1CCCC1)Nc1nc(N)nc(N(C)C)n1. The number of rotatable bonds is 5. The van der Waals surface area contributed by atoms with Crippen molar-refractivity contribution in [2.24, 2.45) is 0 Å². The molecule has 7 heteroatoms. The second-order valence-electron chi connectivity index (χ2n) is 5.26. The normalized spacial score (nSPS) is 17.4. The molecule has 7 nitrogen and oxygen atoms in total. The summed E-state index contributed by atoms with van der Waals surface area (Å²) >= 11 is 0. The number of hydrogen-bond acceptors (Lipinski definition) is 7. The fraction of sp³-hybridized carbons (Fsp3) is 0.750. The highest BCUT2D eigenvalue weighted by Crippen LogP contribution is 2.12. The molecule has 1 fully saturated rings. The van der Waals surface area contributed by atoms with E-state index in [1.54, 1.807) is 0 Å². The Morgan fingerprint density at radius 2 is 1.95 bits per heavy atom. The summed E-state index contributed by atoms with van der Waals surface area (Å²) in [6, 6.07) is 0.287. The van der Waals surface area contributed by atoms with Crippen LogP contribution in [0, 0.1) is 0 Å². The molecule has 0 amide bonds. The number of likely N-dealkylation sites (tertiary alicyclic amines) is 1. The van der Waals surface area contributed by atoms with Crippen LogP contribution in [-0.2, 0) is 0 Å². The summed E-state index contributed by atoms with van der Waals surface area (Å²) in [7, 11) is 3.76. The van der Waals surface area contributed by atoms with Crippen LogP contribution in [-0.4, -0.2) is 59.6 Å². The van der Waals surface area contributed by atoms with Crippen molar-refractivity contribution in [2.45, 2.75) is 25.8 Å². The number of nitrogen functional groups attached to an aromatic ring is 1. The van der Waals surface area contributed by atoms with Gasteiger partial charge in [0.05, 0.1) is 0 Å². The van der Waals surface area contributed by atoms with E-state index in [1.807, 2.05) is 19.0 Å². The van der Waals surface area contributed by atoms with E-state index in [9.17, 15) is 0 Å². The second kappa shape index (κ2) is 6.01. The maximum atomic E-state index is 5.70. The first-order valence-electron chi connectivity index (χ1n) is 6.72. The van der Waals surface area contributed by atoms with Crippen molar-refractivity contribution in [2.75, 3.05) is 49.7 Å². The van der Waals surface area contributed by atoms with E-state index in [2.05, 4.69) is 32.1 Å². The monoisotopic (exact) mass is 265 g/mol. The van der Waals surface area contributed by atoms with Crippen molar-refractivity contribution < 1.29 is 0 Å². The molecule has 0 spiro atoms. The fourth-order valence-corrected chi connectivity index (χ4v) is 2.26. The molecule has 2 heterocycles. The molecular formula is C12H23N7. The topological polar surface area (TPSA) is 83.2 Å². The van der Waals surface area contributed by atoms with E-state index in [1.165, 1.54) is 25.9 Å². The van der Waals surface area contributed by atoms with Crippen molar-refractivity contribution in [1.82, 2.24) is 19.9 Å². The number of nitrogens with zero attached hydrogens (tertiary/aromatic N) is 5. The van der Waals surface area contributed by atoms with Crippen LogP contribution in [0.3, 0.4) is 0 Å². The van der Waals surface area contributed by atoms with Gasteiger partial charge in [0.15, 0.2) is 0 Å². The number of aromatic nitrogens is 3. The van der Waals surface area contributed by atoms with Gasteiger partial charge in [-0.05, 0) is 32.9 Å². The van der Waals surface area contributed by atoms with Gasteiger partial charge in [-0.3, -0.25) is 0 Å². The van der Waals surface area contributed by atoms with Crippen molar-refractivity contribution in [1.29, 1.82) is 0 Å². The number of anilines is 3. The first-order chi connectivity index (χ1) is 9.04. The van der Waals surface area contributed by atoms with Crippen LogP contribution in [0.1, 0.15) is 19.8 Å². The zero-order valence-electron chi connectivity index (χ0n) is 11.9. The Bertz CT molecular complexity index is 415.